The molecule has 2 saturated carbocycles. The van der Waals surface area contributed by atoms with Gasteiger partial charge in [-0.1, -0.05) is 44.7 Å². The lowest BCUT2D eigenvalue weighted by Crippen LogP contribution is -2.56. The summed E-state index contributed by atoms with van der Waals surface area (Å²) < 4.78 is 67.5. The van der Waals surface area contributed by atoms with Crippen molar-refractivity contribution in [3.8, 4) is 0 Å². The summed E-state index contributed by atoms with van der Waals surface area (Å²) in [4.78, 5) is 111. The number of anilines is 1. The van der Waals surface area contributed by atoms with Gasteiger partial charge in [0.05, 0.1) is 39.1 Å². The van der Waals surface area contributed by atoms with Gasteiger partial charge in [-0.3, -0.25) is 32.9 Å². The van der Waals surface area contributed by atoms with Crippen LogP contribution in [-0.4, -0.2) is 121 Å². The van der Waals surface area contributed by atoms with E-state index in [4.69, 9.17) is 15.2 Å². The van der Waals surface area contributed by atoms with Crippen LogP contribution in [0, 0.1) is 28.1 Å². The predicted octanol–water partition coefficient (Wildman–Crippen LogP) is -0.418. The molecule has 6 aliphatic rings. The molecule has 6 N–H and O–H groups in total. The highest BCUT2D eigenvalue weighted by Crippen LogP contribution is 2.71. The number of aliphatic hydroxyl groups is 2. The van der Waals surface area contributed by atoms with Gasteiger partial charge in [-0.2, -0.15) is 0 Å². The van der Waals surface area contributed by atoms with Crippen LogP contribution in [0.3, 0.4) is 0 Å². The number of carbonyl (C=O) groups excluding carboxylic acids is 4. The molecule has 5 heterocycles. The number of phosphoric ester groups is 3. The van der Waals surface area contributed by atoms with Crippen LogP contribution in [0.15, 0.2) is 36.5 Å². The Hall–Kier alpha value is -3.33. The van der Waals surface area contributed by atoms with Crippen LogP contribution < -0.4 is 35.9 Å². The monoisotopic (exact) mass is 1080 g/mol. The molecule has 2 aromatic heterocycles. The molecule has 3 saturated heterocycles. The second kappa shape index (κ2) is 20.8. The quantitative estimate of drug-likeness (QED) is 0.0536. The SMILES string of the molecule is C/C(=C\CC[C@]1(C)C(=O)C=C[C@]23C[C@H]4C[C@H](O[C@@]4(C)C2)[C@H]31)C(=O)SCCNC(=O)CCNC(=O)[C@H](O)C(C)(C)COP(=O)([O-])OP(=O)([O-])OC[C@H]1O[C@@H](n2cnc3c(N)ncnc32)[C@H](O)[C@@H]1OP(=O)([O-])[O-]. The Bertz CT molecular complexity index is 2620. The number of rotatable bonds is 23. The van der Waals surface area contributed by atoms with Gasteiger partial charge in [0.1, 0.15) is 36.3 Å². The van der Waals surface area contributed by atoms with Gasteiger partial charge in [0.2, 0.25) is 16.9 Å². The standard InChI is InChI=1S/C41H60N7O19P3S/c1-22(7-6-10-39(4)26(49)8-11-41-16-23-15-24(31(39)41)65-40(23,5)18-41)37(54)71-14-13-43-27(50)9-12-44-35(53)32(52)38(2,3)19-63-70(60,61)67-69(58,59)62-17-25-30(66-68(55,56)57)29(51)36(64-25)48-21-47-28-33(42)45-20-46-34(28)48/h7-8,11,20-21,23-25,29-32,36,51-52H,6,9-10,12-19H2,1-5H3,(H,43,50)(H,44,53)(H,58,59)(H,60,61)(H2,42,45,46)(H2,55,56,57)/p-4/b22-7+/t23-,24+,25-,29-,30-,31+,32+,36-,39-,40+,41+/m1/s1. The number of carbonyl (C=O) groups is 4. The topological polar surface area (TPSA) is 401 Å². The molecule has 30 heteroatoms. The second-order valence-corrected chi connectivity index (χ2v) is 24.8. The Labute approximate surface area is 411 Å². The van der Waals surface area contributed by atoms with Gasteiger partial charge in [0.25, 0.3) is 15.6 Å². The number of allylic oxidation sites excluding steroid dienone is 3. The highest BCUT2D eigenvalue weighted by atomic mass is 32.2. The third kappa shape index (κ3) is 12.1. The van der Waals surface area contributed by atoms with Crippen LogP contribution in [0.4, 0.5) is 5.82 Å². The van der Waals surface area contributed by atoms with E-state index in [1.54, 1.807) is 13.0 Å². The maximum Gasteiger partial charge on any atom is 0.274 e. The van der Waals surface area contributed by atoms with Gasteiger partial charge in [-0.15, -0.1) is 0 Å². The first-order valence-electron chi connectivity index (χ1n) is 22.6. The minimum atomic E-state index is -5.94. The molecular weight excluding hydrogens is 1020 g/mol. The highest BCUT2D eigenvalue weighted by Gasteiger charge is 2.71. The molecule has 0 aromatic carbocycles. The largest absolute Gasteiger partial charge is 0.790 e. The maximum atomic E-state index is 13.3. The van der Waals surface area contributed by atoms with Crippen LogP contribution in [0.5, 0.6) is 0 Å². The number of fused-ring (bicyclic) bond motifs is 1. The van der Waals surface area contributed by atoms with Crippen LogP contribution >= 0.6 is 35.2 Å². The van der Waals surface area contributed by atoms with Crippen LogP contribution in [-0.2, 0) is 60.2 Å². The molecule has 394 valence electrons. The number of nitrogens with two attached hydrogens (primary N) is 1. The normalized spacial score (nSPS) is 32.4. The maximum absolute atomic E-state index is 13.3. The summed E-state index contributed by atoms with van der Waals surface area (Å²) >= 11 is 1.02. The Kier molecular flexibility index (Phi) is 16.2. The van der Waals surface area contributed by atoms with E-state index in [-0.39, 0.29) is 76.2 Å². The average Bonchev–Trinajstić information content (AvgIpc) is 3.96. The average molecular weight is 1080 g/mol. The zero-order valence-corrected chi connectivity index (χ0v) is 42.7. The molecule has 2 unspecified atom stereocenters. The molecular formula is C41H56N7O19P3S-4. The molecule has 3 aliphatic heterocycles. The number of ketones is 1. The molecule has 0 radical (unpaired) electrons. The first kappa shape index (κ1) is 55.4. The zero-order chi connectivity index (χ0) is 52.1. The van der Waals surface area contributed by atoms with Crippen LogP contribution in [0.2, 0.25) is 0 Å². The third-order valence-electron chi connectivity index (χ3n) is 14.1. The van der Waals surface area contributed by atoms with E-state index in [0.717, 1.165) is 48.2 Å². The molecule has 2 amide bonds. The number of imidazole rings is 1. The number of nitrogen functional groups attached to an aromatic ring is 1. The lowest BCUT2D eigenvalue weighted by Gasteiger charge is -2.55. The molecule has 4 bridgehead atoms. The minimum Gasteiger partial charge on any atom is -0.790 e. The smallest absolute Gasteiger partial charge is 0.274 e. The molecule has 2 aromatic rings. The van der Waals surface area contributed by atoms with E-state index in [1.165, 1.54) is 13.8 Å². The fourth-order valence-electron chi connectivity index (χ4n) is 10.7. The Morgan fingerprint density at radius 1 is 1.10 bits per heavy atom. The van der Waals surface area contributed by atoms with Crippen molar-refractivity contribution < 1.29 is 90.0 Å². The van der Waals surface area contributed by atoms with Crippen molar-refractivity contribution in [2.45, 2.75) is 115 Å². The molecule has 3 aliphatic carbocycles. The van der Waals surface area contributed by atoms with E-state index in [9.17, 15) is 62.7 Å². The summed E-state index contributed by atoms with van der Waals surface area (Å²) in [6.45, 7) is 5.91. The van der Waals surface area contributed by atoms with Crippen molar-refractivity contribution in [3.63, 3.8) is 0 Å². The second-order valence-electron chi connectivity index (χ2n) is 19.7. The van der Waals surface area contributed by atoms with Crippen molar-refractivity contribution in [1.29, 1.82) is 0 Å². The number of nitrogens with zero attached hydrogens (tertiary/aromatic N) is 4. The number of aliphatic hydroxyl groups excluding tert-OH is 2. The summed E-state index contributed by atoms with van der Waals surface area (Å²) in [5, 5.41) is 26.3. The lowest BCUT2D eigenvalue weighted by atomic mass is 9.51. The van der Waals surface area contributed by atoms with Gasteiger partial charge < -0.3 is 73.8 Å². The summed E-state index contributed by atoms with van der Waals surface area (Å²) in [7, 11) is -17.7. The number of ether oxygens (including phenoxy) is 2. The fourth-order valence-corrected chi connectivity index (χ4v) is 14.1. The fraction of sp³-hybridized carbons (Fsp3) is 0.683. The Morgan fingerprint density at radius 2 is 1.82 bits per heavy atom. The van der Waals surface area contributed by atoms with E-state index in [2.05, 4.69) is 56.5 Å². The van der Waals surface area contributed by atoms with E-state index in [0.29, 0.717) is 24.3 Å². The number of nitrogens with one attached hydrogen (secondary N) is 2. The first-order chi connectivity index (χ1) is 33.0. The van der Waals surface area contributed by atoms with E-state index >= 15 is 0 Å². The molecule has 1 spiro atoms. The number of thioether (sulfide) groups is 1. The molecule has 71 heavy (non-hydrogen) atoms. The Morgan fingerprint density at radius 3 is 2.52 bits per heavy atom. The van der Waals surface area contributed by atoms with E-state index < -0.39 is 90.0 Å². The number of amides is 2. The lowest BCUT2D eigenvalue weighted by molar-refractivity contribution is -0.347. The van der Waals surface area contributed by atoms with Crippen molar-refractivity contribution >= 4 is 74.9 Å². The van der Waals surface area contributed by atoms with Gasteiger partial charge in [0, 0.05) is 42.0 Å². The summed E-state index contributed by atoms with van der Waals surface area (Å²) in [6.07, 6.45) is 2.18. The van der Waals surface area contributed by atoms with Crippen molar-refractivity contribution in [2.24, 2.45) is 28.1 Å². The molecule has 13 atom stereocenters. The van der Waals surface area contributed by atoms with Gasteiger partial charge in [0.15, 0.2) is 23.5 Å². The molecule has 5 fully saturated rings. The van der Waals surface area contributed by atoms with Crippen molar-refractivity contribution in [3.05, 3.63) is 36.5 Å². The van der Waals surface area contributed by atoms with Gasteiger partial charge in [-0.05, 0) is 68.9 Å². The van der Waals surface area contributed by atoms with Crippen molar-refractivity contribution in [1.82, 2.24) is 30.2 Å². The number of hydrogen-bond donors (Lipinski definition) is 5. The Balaban J connectivity index is 0.793. The van der Waals surface area contributed by atoms with E-state index in [1.807, 2.05) is 13.0 Å². The number of phosphoric acid groups is 3. The first-order valence-corrected chi connectivity index (χ1v) is 27.9. The minimum absolute atomic E-state index is 0.0232. The number of hydrogen-bond acceptors (Lipinski definition) is 24. The van der Waals surface area contributed by atoms with Gasteiger partial charge >= 0.3 is 0 Å². The van der Waals surface area contributed by atoms with Crippen LogP contribution in [0.25, 0.3) is 11.2 Å². The summed E-state index contributed by atoms with van der Waals surface area (Å²) in [5.74, 6) is -0.630. The predicted molar refractivity (Wildman–Crippen MR) is 240 cm³/mol. The molecule has 8 rings (SSSR count). The molecule has 26 nitrogen and oxygen atoms in total. The van der Waals surface area contributed by atoms with Gasteiger partial charge in [-0.25, -0.2) is 19.3 Å². The zero-order valence-electron chi connectivity index (χ0n) is 39.2. The van der Waals surface area contributed by atoms with Crippen LogP contribution in [0.1, 0.15) is 79.4 Å². The van der Waals surface area contributed by atoms with Crippen molar-refractivity contribution in [2.75, 3.05) is 37.8 Å². The summed E-state index contributed by atoms with van der Waals surface area (Å²) in [6, 6.07) is 0. The highest BCUT2D eigenvalue weighted by molar-refractivity contribution is 8.14. The number of aromatic nitrogens is 4. The third-order valence-corrected chi connectivity index (χ3v) is 18.1. The summed E-state index contributed by atoms with van der Waals surface area (Å²) in [5.41, 5.74) is 3.85.